The molecule has 1 N–H and O–H groups in total. The molecule has 132 valence electrons. The summed E-state index contributed by atoms with van der Waals surface area (Å²) in [6.07, 6.45) is 3.91. The van der Waals surface area contributed by atoms with Crippen LogP contribution in [0.5, 0.6) is 5.75 Å². The summed E-state index contributed by atoms with van der Waals surface area (Å²) in [6.45, 7) is -3.46. The van der Waals surface area contributed by atoms with Gasteiger partial charge in [-0.1, -0.05) is 16.8 Å². The second kappa shape index (κ2) is 7.56. The SMILES string of the molecule is FCCc1ncc(Cc2cn(-c3ccc(Cl)c(OC(F)F)c3)nn2)[nH]1. The molecule has 0 unspecified atom stereocenters. The molecule has 6 nitrogen and oxygen atoms in total. The molecular formula is C15H13ClF3N5O. The van der Waals surface area contributed by atoms with Crippen LogP contribution in [0.15, 0.2) is 30.6 Å². The van der Waals surface area contributed by atoms with Crippen molar-refractivity contribution in [2.75, 3.05) is 6.67 Å². The molecule has 0 aliphatic carbocycles. The first-order valence-corrected chi connectivity index (χ1v) is 7.67. The Bertz CT molecular complexity index is 851. The van der Waals surface area contributed by atoms with Crippen molar-refractivity contribution in [2.45, 2.75) is 19.5 Å². The van der Waals surface area contributed by atoms with Crippen molar-refractivity contribution in [3.8, 4) is 11.4 Å². The quantitative estimate of drug-likeness (QED) is 0.691. The summed E-state index contributed by atoms with van der Waals surface area (Å²) in [5.74, 6) is 0.423. The van der Waals surface area contributed by atoms with Gasteiger partial charge in [-0.25, -0.2) is 9.67 Å². The lowest BCUT2D eigenvalue weighted by molar-refractivity contribution is -0.0497. The number of alkyl halides is 3. The number of rotatable bonds is 7. The molecule has 0 saturated heterocycles. The summed E-state index contributed by atoms with van der Waals surface area (Å²) in [4.78, 5) is 7.06. The highest BCUT2D eigenvalue weighted by atomic mass is 35.5. The third-order valence-electron chi connectivity index (χ3n) is 3.32. The fourth-order valence-electron chi connectivity index (χ4n) is 2.23. The Labute approximate surface area is 145 Å². The summed E-state index contributed by atoms with van der Waals surface area (Å²) in [6, 6.07) is 4.39. The number of nitrogens with zero attached hydrogens (tertiary/aromatic N) is 4. The molecule has 0 fully saturated rings. The molecule has 0 aliphatic heterocycles. The van der Waals surface area contributed by atoms with Gasteiger partial charge in [0.2, 0.25) is 0 Å². The zero-order chi connectivity index (χ0) is 17.8. The maximum Gasteiger partial charge on any atom is 0.387 e. The molecule has 2 heterocycles. The van der Waals surface area contributed by atoms with E-state index in [1.807, 2.05) is 0 Å². The molecule has 0 aliphatic rings. The normalized spacial score (nSPS) is 11.2. The van der Waals surface area contributed by atoms with Gasteiger partial charge in [0, 0.05) is 30.8 Å². The van der Waals surface area contributed by atoms with Crippen molar-refractivity contribution in [3.63, 3.8) is 0 Å². The standard InChI is InChI=1S/C15H13ClF3N5O/c16-12-2-1-11(6-13(12)25-15(18)19)24-8-10(22-23-24)5-9-7-20-14(21-9)3-4-17/h1-2,6-8,15H,3-5H2,(H,20,21). The first-order valence-electron chi connectivity index (χ1n) is 7.30. The van der Waals surface area contributed by atoms with E-state index in [9.17, 15) is 13.2 Å². The van der Waals surface area contributed by atoms with Crippen LogP contribution in [0.2, 0.25) is 5.02 Å². The number of hydrogen-bond acceptors (Lipinski definition) is 4. The highest BCUT2D eigenvalue weighted by Gasteiger charge is 2.12. The Morgan fingerprint density at radius 2 is 2.16 bits per heavy atom. The van der Waals surface area contributed by atoms with Crippen LogP contribution in [0.1, 0.15) is 17.2 Å². The lowest BCUT2D eigenvalue weighted by Gasteiger charge is -2.08. The van der Waals surface area contributed by atoms with E-state index < -0.39 is 13.3 Å². The van der Waals surface area contributed by atoms with Crippen LogP contribution in [-0.4, -0.2) is 38.2 Å². The van der Waals surface area contributed by atoms with Crippen molar-refractivity contribution in [1.29, 1.82) is 0 Å². The highest BCUT2D eigenvalue weighted by Crippen LogP contribution is 2.28. The Balaban J connectivity index is 1.76. The van der Waals surface area contributed by atoms with Crippen molar-refractivity contribution < 1.29 is 17.9 Å². The number of imidazole rings is 1. The maximum atomic E-state index is 12.4. The molecule has 0 saturated carbocycles. The van der Waals surface area contributed by atoms with Gasteiger partial charge in [0.25, 0.3) is 0 Å². The zero-order valence-corrected chi connectivity index (χ0v) is 13.6. The predicted molar refractivity (Wildman–Crippen MR) is 84.1 cm³/mol. The minimum Gasteiger partial charge on any atom is -0.433 e. The second-order valence-electron chi connectivity index (χ2n) is 5.12. The number of nitrogens with one attached hydrogen (secondary N) is 1. The van der Waals surface area contributed by atoms with Gasteiger partial charge in [0.1, 0.15) is 11.6 Å². The van der Waals surface area contributed by atoms with Crippen molar-refractivity contribution in [3.05, 3.63) is 52.8 Å². The first-order chi connectivity index (χ1) is 12.0. The number of aryl methyl sites for hydroxylation is 1. The average Bonchev–Trinajstić information content (AvgIpc) is 3.20. The number of aromatic amines is 1. The molecule has 1 aromatic carbocycles. The van der Waals surface area contributed by atoms with E-state index in [-0.39, 0.29) is 17.2 Å². The molecule has 10 heteroatoms. The lowest BCUT2D eigenvalue weighted by Crippen LogP contribution is -2.03. The van der Waals surface area contributed by atoms with Crippen LogP contribution >= 0.6 is 11.6 Å². The Kier molecular flexibility index (Phi) is 5.22. The van der Waals surface area contributed by atoms with E-state index in [0.29, 0.717) is 23.6 Å². The van der Waals surface area contributed by atoms with E-state index in [4.69, 9.17) is 11.6 Å². The van der Waals surface area contributed by atoms with Crippen molar-refractivity contribution >= 4 is 11.6 Å². The smallest absolute Gasteiger partial charge is 0.387 e. The number of halogens is 4. The fraction of sp³-hybridized carbons (Fsp3) is 0.267. The second-order valence-corrected chi connectivity index (χ2v) is 5.53. The van der Waals surface area contributed by atoms with Crippen LogP contribution in [0.4, 0.5) is 13.2 Å². The number of ether oxygens (including phenoxy) is 1. The molecule has 3 rings (SSSR count). The molecule has 0 radical (unpaired) electrons. The van der Waals surface area contributed by atoms with Crippen LogP contribution in [0.25, 0.3) is 5.69 Å². The molecular weight excluding hydrogens is 359 g/mol. The summed E-state index contributed by atoms with van der Waals surface area (Å²) in [5.41, 5.74) is 1.87. The van der Waals surface area contributed by atoms with E-state index in [0.717, 1.165) is 5.69 Å². The Hall–Kier alpha value is -2.55. The van der Waals surface area contributed by atoms with Crippen LogP contribution < -0.4 is 4.74 Å². The largest absolute Gasteiger partial charge is 0.433 e. The van der Waals surface area contributed by atoms with E-state index in [1.54, 1.807) is 18.5 Å². The molecule has 0 spiro atoms. The Morgan fingerprint density at radius 1 is 1.32 bits per heavy atom. The number of aromatic nitrogens is 5. The topological polar surface area (TPSA) is 68.6 Å². The molecule has 0 bridgehead atoms. The summed E-state index contributed by atoms with van der Waals surface area (Å²) in [5, 5.41) is 8.06. The van der Waals surface area contributed by atoms with Gasteiger partial charge >= 0.3 is 6.61 Å². The average molecular weight is 372 g/mol. The predicted octanol–water partition coefficient (Wildman–Crippen LogP) is 3.35. The Morgan fingerprint density at radius 3 is 2.92 bits per heavy atom. The van der Waals surface area contributed by atoms with E-state index in [2.05, 4.69) is 25.0 Å². The van der Waals surface area contributed by atoms with E-state index in [1.165, 1.54) is 16.8 Å². The van der Waals surface area contributed by atoms with E-state index >= 15 is 0 Å². The number of hydrogen-bond donors (Lipinski definition) is 1. The molecule has 0 amide bonds. The van der Waals surface area contributed by atoms with Gasteiger partial charge in [-0.05, 0) is 12.1 Å². The third kappa shape index (κ3) is 4.30. The summed E-state index contributed by atoms with van der Waals surface area (Å²) in [7, 11) is 0. The van der Waals surface area contributed by atoms with Gasteiger partial charge < -0.3 is 9.72 Å². The van der Waals surface area contributed by atoms with Gasteiger partial charge in [0.15, 0.2) is 0 Å². The van der Waals surface area contributed by atoms with Gasteiger partial charge in [-0.15, -0.1) is 5.10 Å². The zero-order valence-electron chi connectivity index (χ0n) is 12.8. The highest BCUT2D eigenvalue weighted by molar-refractivity contribution is 6.32. The third-order valence-corrected chi connectivity index (χ3v) is 3.63. The molecule has 0 atom stereocenters. The first kappa shape index (κ1) is 17.3. The van der Waals surface area contributed by atoms with Crippen molar-refractivity contribution in [2.24, 2.45) is 0 Å². The van der Waals surface area contributed by atoms with Gasteiger partial charge in [-0.2, -0.15) is 8.78 Å². The monoisotopic (exact) mass is 371 g/mol. The molecule has 3 aromatic rings. The minimum absolute atomic E-state index is 0.0715. The van der Waals surface area contributed by atoms with Crippen molar-refractivity contribution in [1.82, 2.24) is 25.0 Å². The fourth-order valence-corrected chi connectivity index (χ4v) is 2.40. The number of benzene rings is 1. The minimum atomic E-state index is -2.97. The number of H-pyrrole nitrogens is 1. The molecule has 2 aromatic heterocycles. The maximum absolute atomic E-state index is 12.4. The van der Waals surface area contributed by atoms with Crippen LogP contribution in [0, 0.1) is 0 Å². The molecule has 25 heavy (non-hydrogen) atoms. The van der Waals surface area contributed by atoms with Crippen LogP contribution in [0.3, 0.4) is 0 Å². The lowest BCUT2D eigenvalue weighted by atomic mass is 10.2. The van der Waals surface area contributed by atoms with Gasteiger partial charge in [-0.3, -0.25) is 4.39 Å². The van der Waals surface area contributed by atoms with Crippen LogP contribution in [-0.2, 0) is 12.8 Å². The summed E-state index contributed by atoms with van der Waals surface area (Å²) >= 11 is 5.83. The summed E-state index contributed by atoms with van der Waals surface area (Å²) < 4.78 is 42.9. The van der Waals surface area contributed by atoms with Gasteiger partial charge in [0.05, 0.1) is 29.3 Å².